The Morgan fingerprint density at radius 2 is 1.48 bits per heavy atom. The van der Waals surface area contributed by atoms with Gasteiger partial charge in [0.25, 0.3) is 11.8 Å². The fourth-order valence-corrected chi connectivity index (χ4v) is 3.52. The number of hydrogen-bond donors (Lipinski definition) is 2. The molecule has 0 unspecified atom stereocenters. The van der Waals surface area contributed by atoms with Crippen molar-refractivity contribution in [2.45, 2.75) is 11.8 Å². The number of halogens is 2. The molecule has 9 heteroatoms. The summed E-state index contributed by atoms with van der Waals surface area (Å²) in [5, 5.41) is 5.09. The first-order valence-electron chi connectivity index (χ1n) is 9.04. The van der Waals surface area contributed by atoms with Gasteiger partial charge in [-0.3, -0.25) is 9.59 Å². The number of nitrogens with one attached hydrogen (secondary N) is 2. The van der Waals surface area contributed by atoms with Crippen LogP contribution in [0.1, 0.15) is 26.3 Å². The van der Waals surface area contributed by atoms with Crippen molar-refractivity contribution >= 4 is 33.0 Å². The van der Waals surface area contributed by atoms with Crippen molar-refractivity contribution in [2.24, 2.45) is 0 Å². The first-order valence-corrected chi connectivity index (χ1v) is 10.9. The summed E-state index contributed by atoms with van der Waals surface area (Å²) in [4.78, 5) is 24.8. The Kier molecular flexibility index (Phi) is 6.16. The van der Waals surface area contributed by atoms with Gasteiger partial charge in [0, 0.05) is 23.2 Å². The summed E-state index contributed by atoms with van der Waals surface area (Å²) in [6.45, 7) is 1.67. The first-order chi connectivity index (χ1) is 14.6. The van der Waals surface area contributed by atoms with Crippen molar-refractivity contribution in [3.05, 3.63) is 89.0 Å². The van der Waals surface area contributed by atoms with Crippen LogP contribution < -0.4 is 10.6 Å². The van der Waals surface area contributed by atoms with Gasteiger partial charge in [-0.2, -0.15) is 0 Å². The van der Waals surface area contributed by atoms with E-state index in [9.17, 15) is 26.8 Å². The van der Waals surface area contributed by atoms with Gasteiger partial charge in [0.15, 0.2) is 9.84 Å². The highest BCUT2D eigenvalue weighted by Crippen LogP contribution is 2.22. The highest BCUT2D eigenvalue weighted by atomic mass is 32.2. The van der Waals surface area contributed by atoms with Crippen LogP contribution >= 0.6 is 0 Å². The van der Waals surface area contributed by atoms with Gasteiger partial charge in [0.05, 0.1) is 4.90 Å². The highest BCUT2D eigenvalue weighted by Gasteiger charge is 2.18. The predicted octanol–water partition coefficient (Wildman–Crippen LogP) is 4.18. The third-order valence-corrected chi connectivity index (χ3v) is 5.56. The smallest absolute Gasteiger partial charge is 0.261 e. The quantitative estimate of drug-likeness (QED) is 0.618. The van der Waals surface area contributed by atoms with E-state index in [0.29, 0.717) is 11.3 Å². The van der Waals surface area contributed by atoms with Crippen LogP contribution in [0.5, 0.6) is 0 Å². The van der Waals surface area contributed by atoms with Gasteiger partial charge < -0.3 is 10.6 Å². The number of aryl methyl sites for hydroxylation is 1. The Balaban J connectivity index is 1.77. The maximum absolute atomic E-state index is 13.8. The zero-order chi connectivity index (χ0) is 22.8. The molecule has 0 atom stereocenters. The molecule has 31 heavy (non-hydrogen) atoms. The van der Waals surface area contributed by atoms with Gasteiger partial charge in [0.2, 0.25) is 0 Å². The minimum Gasteiger partial charge on any atom is -0.322 e. The van der Waals surface area contributed by atoms with Gasteiger partial charge in [0.1, 0.15) is 17.2 Å². The minimum atomic E-state index is -3.46. The Bertz CT molecular complexity index is 1270. The molecule has 2 amide bonds. The molecule has 3 aromatic rings. The van der Waals surface area contributed by atoms with E-state index in [-0.39, 0.29) is 16.1 Å². The van der Waals surface area contributed by atoms with Gasteiger partial charge in [-0.25, -0.2) is 17.2 Å². The summed E-state index contributed by atoms with van der Waals surface area (Å²) < 4.78 is 50.9. The molecule has 0 aliphatic rings. The number of benzene rings is 3. The molecule has 6 nitrogen and oxygen atoms in total. The van der Waals surface area contributed by atoms with Crippen LogP contribution in [0.2, 0.25) is 0 Å². The van der Waals surface area contributed by atoms with Crippen LogP contribution in [-0.4, -0.2) is 26.5 Å². The Hall–Kier alpha value is -3.59. The van der Waals surface area contributed by atoms with Crippen molar-refractivity contribution in [1.29, 1.82) is 0 Å². The van der Waals surface area contributed by atoms with Crippen LogP contribution in [0.3, 0.4) is 0 Å². The maximum atomic E-state index is 13.8. The van der Waals surface area contributed by atoms with E-state index in [1.54, 1.807) is 6.92 Å². The summed E-state index contributed by atoms with van der Waals surface area (Å²) in [6, 6.07) is 13.3. The molecule has 3 rings (SSSR count). The average Bonchev–Trinajstić information content (AvgIpc) is 2.69. The Morgan fingerprint density at radius 1 is 0.839 bits per heavy atom. The lowest BCUT2D eigenvalue weighted by Crippen LogP contribution is -2.16. The standard InChI is InChI=1S/C22H18F2N2O4S/c1-13-11-15(25-22(28)20-17(23)7-4-8-18(20)24)9-10-19(13)26-21(27)14-5-3-6-16(12-14)31(2,29)30/h3-12H,1-2H3,(H,25,28)(H,26,27). The molecule has 0 saturated carbocycles. The molecule has 0 aromatic heterocycles. The van der Waals surface area contributed by atoms with E-state index in [1.165, 1.54) is 42.5 Å². The number of hydrogen-bond acceptors (Lipinski definition) is 4. The van der Waals surface area contributed by atoms with Crippen molar-refractivity contribution in [3.63, 3.8) is 0 Å². The second-order valence-electron chi connectivity index (χ2n) is 6.83. The molecule has 0 heterocycles. The van der Waals surface area contributed by atoms with Crippen LogP contribution in [0.25, 0.3) is 0 Å². The zero-order valence-electron chi connectivity index (χ0n) is 16.6. The third-order valence-electron chi connectivity index (χ3n) is 4.45. The molecular formula is C22H18F2N2O4S. The van der Waals surface area contributed by atoms with E-state index in [4.69, 9.17) is 0 Å². The van der Waals surface area contributed by atoms with Crippen LogP contribution in [0, 0.1) is 18.6 Å². The summed E-state index contributed by atoms with van der Waals surface area (Å²) in [6.07, 6.45) is 1.05. The number of rotatable bonds is 5. The minimum absolute atomic E-state index is 0.0234. The van der Waals surface area contributed by atoms with Gasteiger partial charge in [-0.15, -0.1) is 0 Å². The number of amides is 2. The maximum Gasteiger partial charge on any atom is 0.261 e. The van der Waals surface area contributed by atoms with Crippen molar-refractivity contribution < 1.29 is 26.8 Å². The predicted molar refractivity (Wildman–Crippen MR) is 113 cm³/mol. The molecule has 0 bridgehead atoms. The van der Waals surface area contributed by atoms with Gasteiger partial charge >= 0.3 is 0 Å². The normalized spacial score (nSPS) is 11.1. The molecule has 160 valence electrons. The Morgan fingerprint density at radius 3 is 2.10 bits per heavy atom. The number of anilines is 2. The molecule has 0 saturated heterocycles. The monoisotopic (exact) mass is 444 g/mol. The molecule has 0 aliphatic heterocycles. The van der Waals surface area contributed by atoms with Crippen molar-refractivity contribution in [1.82, 2.24) is 0 Å². The van der Waals surface area contributed by atoms with Crippen LogP contribution in [-0.2, 0) is 9.84 Å². The van der Waals surface area contributed by atoms with E-state index in [2.05, 4.69) is 10.6 Å². The molecule has 0 spiro atoms. The van der Waals surface area contributed by atoms with Gasteiger partial charge in [-0.1, -0.05) is 12.1 Å². The fraction of sp³-hybridized carbons (Fsp3) is 0.0909. The lowest BCUT2D eigenvalue weighted by atomic mass is 10.1. The van der Waals surface area contributed by atoms with E-state index < -0.39 is 38.8 Å². The molecule has 3 aromatic carbocycles. The zero-order valence-corrected chi connectivity index (χ0v) is 17.4. The second kappa shape index (κ2) is 8.65. The van der Waals surface area contributed by atoms with Gasteiger partial charge in [-0.05, 0) is 61.0 Å². The van der Waals surface area contributed by atoms with Crippen LogP contribution in [0.15, 0.2) is 65.6 Å². The summed E-state index contributed by atoms with van der Waals surface area (Å²) in [7, 11) is -3.46. The fourth-order valence-electron chi connectivity index (χ4n) is 2.85. The molecule has 2 N–H and O–H groups in total. The Labute approximate surface area is 177 Å². The van der Waals surface area contributed by atoms with Crippen molar-refractivity contribution in [2.75, 3.05) is 16.9 Å². The summed E-state index contributed by atoms with van der Waals surface area (Å²) in [5.74, 6) is -3.41. The lowest BCUT2D eigenvalue weighted by Gasteiger charge is -2.12. The second-order valence-corrected chi connectivity index (χ2v) is 8.85. The molecule has 0 radical (unpaired) electrons. The topological polar surface area (TPSA) is 92.3 Å². The summed E-state index contributed by atoms with van der Waals surface area (Å²) in [5.41, 5.74) is 0.740. The molecule has 0 aliphatic carbocycles. The number of carbonyl (C=O) groups is 2. The largest absolute Gasteiger partial charge is 0.322 e. The highest BCUT2D eigenvalue weighted by molar-refractivity contribution is 7.90. The number of sulfone groups is 1. The third kappa shape index (κ3) is 5.13. The summed E-state index contributed by atoms with van der Waals surface area (Å²) >= 11 is 0. The molecule has 0 fully saturated rings. The van der Waals surface area contributed by atoms with E-state index in [1.807, 2.05) is 0 Å². The van der Waals surface area contributed by atoms with E-state index in [0.717, 1.165) is 24.5 Å². The number of carbonyl (C=O) groups excluding carboxylic acids is 2. The lowest BCUT2D eigenvalue weighted by molar-refractivity contribution is 0.101. The van der Waals surface area contributed by atoms with E-state index >= 15 is 0 Å². The van der Waals surface area contributed by atoms with Crippen LogP contribution in [0.4, 0.5) is 20.2 Å². The average molecular weight is 444 g/mol. The SMILES string of the molecule is Cc1cc(NC(=O)c2c(F)cccc2F)ccc1NC(=O)c1cccc(S(C)(=O)=O)c1. The van der Waals surface area contributed by atoms with Crippen molar-refractivity contribution in [3.8, 4) is 0 Å². The first kappa shape index (κ1) is 22.1. The molecular weight excluding hydrogens is 426 g/mol.